The minimum atomic E-state index is -0.206. The molecule has 2 amide bonds. The van der Waals surface area contributed by atoms with Gasteiger partial charge in [-0.25, -0.2) is 0 Å². The monoisotopic (exact) mass is 387 g/mol. The molecule has 7 nitrogen and oxygen atoms in total. The number of rotatable bonds is 5. The number of nitrogens with one attached hydrogen (secondary N) is 2. The molecule has 3 unspecified atom stereocenters. The van der Waals surface area contributed by atoms with Gasteiger partial charge in [-0.05, 0) is 44.2 Å². The molecule has 1 aliphatic carbocycles. The van der Waals surface area contributed by atoms with Crippen molar-refractivity contribution in [2.45, 2.75) is 51.1 Å². The SMILES string of the molecule is CCN(CC(=O)Nc1ccc2c(c1)OCCO2)C(=O)C1CC2CCCCC2N1. The molecule has 1 saturated carbocycles. The Labute approximate surface area is 165 Å². The van der Waals surface area contributed by atoms with E-state index in [0.29, 0.717) is 48.9 Å². The molecule has 1 saturated heterocycles. The summed E-state index contributed by atoms with van der Waals surface area (Å²) in [6.45, 7) is 3.51. The highest BCUT2D eigenvalue weighted by molar-refractivity contribution is 5.95. The maximum atomic E-state index is 12.9. The number of ether oxygens (including phenoxy) is 2. The molecule has 7 heteroatoms. The van der Waals surface area contributed by atoms with Crippen LogP contribution in [0.25, 0.3) is 0 Å². The summed E-state index contributed by atoms with van der Waals surface area (Å²) in [7, 11) is 0. The van der Waals surface area contributed by atoms with Gasteiger partial charge in [0, 0.05) is 24.3 Å². The number of hydrogen-bond donors (Lipinski definition) is 2. The summed E-state index contributed by atoms with van der Waals surface area (Å²) in [6.07, 6.45) is 5.76. The molecule has 28 heavy (non-hydrogen) atoms. The van der Waals surface area contributed by atoms with Crippen LogP contribution in [0.15, 0.2) is 18.2 Å². The van der Waals surface area contributed by atoms with Gasteiger partial charge in [0.15, 0.2) is 11.5 Å². The van der Waals surface area contributed by atoms with Crippen LogP contribution in [0.4, 0.5) is 5.69 Å². The van der Waals surface area contributed by atoms with E-state index in [9.17, 15) is 9.59 Å². The third-order valence-corrected chi connectivity index (χ3v) is 6.01. The highest BCUT2D eigenvalue weighted by atomic mass is 16.6. The third-order valence-electron chi connectivity index (χ3n) is 6.01. The Kier molecular flexibility index (Phi) is 5.71. The van der Waals surface area contributed by atoms with Gasteiger partial charge in [-0.1, -0.05) is 12.8 Å². The van der Waals surface area contributed by atoms with Crippen LogP contribution in [0.2, 0.25) is 0 Å². The Morgan fingerprint density at radius 3 is 2.75 bits per heavy atom. The zero-order chi connectivity index (χ0) is 19.5. The van der Waals surface area contributed by atoms with E-state index in [1.807, 2.05) is 6.92 Å². The van der Waals surface area contributed by atoms with Crippen LogP contribution in [0.3, 0.4) is 0 Å². The molecule has 2 N–H and O–H groups in total. The maximum Gasteiger partial charge on any atom is 0.243 e. The number of likely N-dealkylation sites (N-methyl/N-ethyl adjacent to an activating group) is 1. The summed E-state index contributed by atoms with van der Waals surface area (Å²) in [4.78, 5) is 27.1. The molecule has 4 rings (SSSR count). The van der Waals surface area contributed by atoms with E-state index < -0.39 is 0 Å². The van der Waals surface area contributed by atoms with Gasteiger partial charge in [-0.2, -0.15) is 0 Å². The molecule has 152 valence electrons. The maximum absolute atomic E-state index is 12.9. The first-order valence-corrected chi connectivity index (χ1v) is 10.4. The molecular weight excluding hydrogens is 358 g/mol. The molecule has 3 aliphatic rings. The van der Waals surface area contributed by atoms with Crippen molar-refractivity contribution in [3.8, 4) is 11.5 Å². The van der Waals surface area contributed by atoms with E-state index in [1.165, 1.54) is 19.3 Å². The summed E-state index contributed by atoms with van der Waals surface area (Å²) in [6, 6.07) is 5.64. The van der Waals surface area contributed by atoms with Crippen molar-refractivity contribution >= 4 is 17.5 Å². The van der Waals surface area contributed by atoms with Crippen LogP contribution < -0.4 is 20.1 Å². The van der Waals surface area contributed by atoms with Crippen molar-refractivity contribution in [1.82, 2.24) is 10.2 Å². The second-order valence-electron chi connectivity index (χ2n) is 7.87. The Balaban J connectivity index is 1.34. The van der Waals surface area contributed by atoms with Crippen molar-refractivity contribution in [3.05, 3.63) is 18.2 Å². The number of carbonyl (C=O) groups is 2. The number of amides is 2. The number of fused-ring (bicyclic) bond motifs is 2. The Hall–Kier alpha value is -2.28. The lowest BCUT2D eigenvalue weighted by Gasteiger charge is -2.25. The van der Waals surface area contributed by atoms with Crippen molar-refractivity contribution < 1.29 is 19.1 Å². The second kappa shape index (κ2) is 8.39. The van der Waals surface area contributed by atoms with E-state index in [0.717, 1.165) is 12.8 Å². The van der Waals surface area contributed by atoms with Gasteiger partial charge in [-0.15, -0.1) is 0 Å². The van der Waals surface area contributed by atoms with Crippen LogP contribution in [0.5, 0.6) is 11.5 Å². The molecule has 0 aromatic heterocycles. The first kappa shape index (κ1) is 19.1. The zero-order valence-electron chi connectivity index (χ0n) is 16.4. The topological polar surface area (TPSA) is 79.9 Å². The molecule has 1 aromatic rings. The Morgan fingerprint density at radius 2 is 1.96 bits per heavy atom. The van der Waals surface area contributed by atoms with Gasteiger partial charge < -0.3 is 25.0 Å². The molecule has 1 aromatic carbocycles. The average molecular weight is 387 g/mol. The second-order valence-corrected chi connectivity index (χ2v) is 7.87. The van der Waals surface area contributed by atoms with E-state index in [1.54, 1.807) is 23.1 Å². The minimum Gasteiger partial charge on any atom is -0.486 e. The number of nitrogens with zero attached hydrogens (tertiary/aromatic N) is 1. The fourth-order valence-electron chi connectivity index (χ4n) is 4.57. The van der Waals surface area contributed by atoms with Gasteiger partial charge in [0.25, 0.3) is 0 Å². The van der Waals surface area contributed by atoms with Gasteiger partial charge in [0.2, 0.25) is 11.8 Å². The molecular formula is C21H29N3O4. The number of carbonyl (C=O) groups excluding carboxylic acids is 2. The van der Waals surface area contributed by atoms with E-state index in [4.69, 9.17) is 9.47 Å². The first-order chi connectivity index (χ1) is 13.6. The highest BCUT2D eigenvalue weighted by Crippen LogP contribution is 2.34. The normalized spacial score (nSPS) is 25.7. The fraction of sp³-hybridized carbons (Fsp3) is 0.619. The molecule has 2 fully saturated rings. The summed E-state index contributed by atoms with van der Waals surface area (Å²) in [5.41, 5.74) is 0.641. The third kappa shape index (κ3) is 4.09. The Morgan fingerprint density at radius 1 is 1.18 bits per heavy atom. The van der Waals surface area contributed by atoms with Crippen molar-refractivity contribution in [2.75, 3.05) is 31.6 Å². The summed E-state index contributed by atoms with van der Waals surface area (Å²) >= 11 is 0. The van der Waals surface area contributed by atoms with Crippen LogP contribution in [0.1, 0.15) is 39.0 Å². The van der Waals surface area contributed by atoms with Gasteiger partial charge in [0.1, 0.15) is 13.2 Å². The predicted molar refractivity (Wildman–Crippen MR) is 106 cm³/mol. The van der Waals surface area contributed by atoms with Crippen LogP contribution in [0, 0.1) is 5.92 Å². The highest BCUT2D eigenvalue weighted by Gasteiger charge is 2.39. The van der Waals surface area contributed by atoms with E-state index >= 15 is 0 Å². The average Bonchev–Trinajstić information content (AvgIpc) is 3.15. The quantitative estimate of drug-likeness (QED) is 0.809. The Bertz CT molecular complexity index is 724. The number of anilines is 1. The standard InChI is InChI=1S/C21H29N3O4/c1-2-24(21(26)17-11-14-5-3-4-6-16(14)23-17)13-20(25)22-15-7-8-18-19(12-15)28-10-9-27-18/h7-8,12,14,16-17,23H,2-6,9-11,13H2,1H3,(H,22,25). The molecule has 0 radical (unpaired) electrons. The molecule has 0 spiro atoms. The van der Waals surface area contributed by atoms with Crippen molar-refractivity contribution in [2.24, 2.45) is 5.92 Å². The molecule has 3 atom stereocenters. The van der Waals surface area contributed by atoms with Gasteiger partial charge >= 0.3 is 0 Å². The van der Waals surface area contributed by atoms with Crippen LogP contribution in [-0.4, -0.2) is 55.1 Å². The van der Waals surface area contributed by atoms with Crippen molar-refractivity contribution in [3.63, 3.8) is 0 Å². The van der Waals surface area contributed by atoms with Crippen LogP contribution in [-0.2, 0) is 9.59 Å². The molecule has 0 bridgehead atoms. The minimum absolute atomic E-state index is 0.0363. The molecule has 2 aliphatic heterocycles. The van der Waals surface area contributed by atoms with Gasteiger partial charge in [-0.3, -0.25) is 9.59 Å². The predicted octanol–water partition coefficient (Wildman–Crippen LogP) is 2.17. The smallest absolute Gasteiger partial charge is 0.243 e. The van der Waals surface area contributed by atoms with Gasteiger partial charge in [0.05, 0.1) is 12.6 Å². The summed E-state index contributed by atoms with van der Waals surface area (Å²) in [5.74, 6) is 1.75. The lowest BCUT2D eigenvalue weighted by molar-refractivity contribution is -0.136. The van der Waals surface area contributed by atoms with Crippen LogP contribution >= 0.6 is 0 Å². The summed E-state index contributed by atoms with van der Waals surface area (Å²) < 4.78 is 11.0. The van der Waals surface area contributed by atoms with E-state index in [2.05, 4.69) is 10.6 Å². The molecule has 2 heterocycles. The van der Waals surface area contributed by atoms with E-state index in [-0.39, 0.29) is 24.4 Å². The number of hydrogen-bond acceptors (Lipinski definition) is 5. The van der Waals surface area contributed by atoms with Crippen molar-refractivity contribution in [1.29, 1.82) is 0 Å². The lowest BCUT2D eigenvalue weighted by Crippen LogP contribution is -2.47. The fourth-order valence-corrected chi connectivity index (χ4v) is 4.57. The largest absolute Gasteiger partial charge is 0.486 e. The lowest BCUT2D eigenvalue weighted by atomic mass is 9.85. The zero-order valence-corrected chi connectivity index (χ0v) is 16.4. The first-order valence-electron chi connectivity index (χ1n) is 10.4. The summed E-state index contributed by atoms with van der Waals surface area (Å²) in [5, 5.41) is 6.37. The number of benzene rings is 1.